The number of carbonyl (C=O) groups is 1. The molecule has 1 aliphatic heterocycles. The number of nitrogens with zero attached hydrogens (tertiary/aromatic N) is 2. The van der Waals surface area contributed by atoms with E-state index in [-0.39, 0.29) is 30.7 Å². The first-order valence-corrected chi connectivity index (χ1v) is 7.59. The summed E-state index contributed by atoms with van der Waals surface area (Å²) in [4.78, 5) is 16.8. The highest BCUT2D eigenvalue weighted by Crippen LogP contribution is 2.20. The molecule has 1 unspecified atom stereocenters. The Kier molecular flexibility index (Phi) is 10.9. The first-order valence-electron chi connectivity index (χ1n) is 7.59. The van der Waals surface area contributed by atoms with Gasteiger partial charge in [0.2, 0.25) is 5.91 Å². The molecule has 0 saturated carbocycles. The van der Waals surface area contributed by atoms with E-state index in [0.717, 1.165) is 38.8 Å². The zero-order chi connectivity index (χ0) is 14.6. The van der Waals surface area contributed by atoms with E-state index in [9.17, 15) is 4.79 Å². The summed E-state index contributed by atoms with van der Waals surface area (Å²) >= 11 is 0. The molecule has 6 heteroatoms. The normalized spacial score (nSPS) is 19.4. The Hall–Kier alpha value is -0.0300. The zero-order valence-corrected chi connectivity index (χ0v) is 15.7. The fraction of sp³-hybridized carbons (Fsp3) is 0.933. The SMILES string of the molecule is CCCC(C)(N)C(=O)N(C)C1CCN(C(C)C)CC1.Cl.Cl. The van der Waals surface area contributed by atoms with E-state index in [1.165, 1.54) is 0 Å². The predicted octanol–water partition coefficient (Wildman–Crippen LogP) is 2.68. The maximum Gasteiger partial charge on any atom is 0.242 e. The van der Waals surface area contributed by atoms with Gasteiger partial charge in [-0.2, -0.15) is 0 Å². The molecule has 0 aromatic rings. The number of likely N-dealkylation sites (tertiary alicyclic amines) is 1. The summed E-state index contributed by atoms with van der Waals surface area (Å²) in [7, 11) is 1.92. The van der Waals surface area contributed by atoms with Crippen LogP contribution in [0.5, 0.6) is 0 Å². The Morgan fingerprint density at radius 3 is 2.19 bits per heavy atom. The van der Waals surface area contributed by atoms with E-state index in [4.69, 9.17) is 5.73 Å². The van der Waals surface area contributed by atoms with E-state index >= 15 is 0 Å². The van der Waals surface area contributed by atoms with Crippen molar-refractivity contribution in [3.63, 3.8) is 0 Å². The molecule has 0 aromatic heterocycles. The Labute approximate surface area is 142 Å². The third kappa shape index (κ3) is 6.31. The monoisotopic (exact) mass is 341 g/mol. The standard InChI is InChI=1S/C15H31N3O.2ClH/c1-6-9-15(4,16)14(19)17(5)13-7-10-18(11-8-13)12(2)3;;/h12-13H,6-11,16H2,1-5H3;2*1H. The van der Waals surface area contributed by atoms with Crippen molar-refractivity contribution >= 4 is 30.7 Å². The fourth-order valence-electron chi connectivity index (χ4n) is 2.98. The van der Waals surface area contributed by atoms with Gasteiger partial charge in [0.25, 0.3) is 0 Å². The van der Waals surface area contributed by atoms with Crippen LogP contribution in [0.3, 0.4) is 0 Å². The van der Waals surface area contributed by atoms with Gasteiger partial charge in [0, 0.05) is 32.2 Å². The van der Waals surface area contributed by atoms with E-state index < -0.39 is 5.54 Å². The van der Waals surface area contributed by atoms with Gasteiger partial charge >= 0.3 is 0 Å². The molecular weight excluding hydrogens is 309 g/mol. The van der Waals surface area contributed by atoms with Gasteiger partial charge in [-0.25, -0.2) is 0 Å². The average molecular weight is 342 g/mol. The van der Waals surface area contributed by atoms with Gasteiger partial charge in [-0.1, -0.05) is 13.3 Å². The second-order valence-corrected chi connectivity index (χ2v) is 6.44. The maximum atomic E-state index is 12.5. The van der Waals surface area contributed by atoms with Crippen LogP contribution in [0.2, 0.25) is 0 Å². The van der Waals surface area contributed by atoms with Crippen molar-refractivity contribution in [3.8, 4) is 0 Å². The number of hydrogen-bond donors (Lipinski definition) is 1. The van der Waals surface area contributed by atoms with Crippen LogP contribution < -0.4 is 5.73 Å². The van der Waals surface area contributed by atoms with E-state index in [1.54, 1.807) is 0 Å². The molecule has 1 rings (SSSR count). The predicted molar refractivity (Wildman–Crippen MR) is 94.5 cm³/mol. The summed E-state index contributed by atoms with van der Waals surface area (Å²) in [6.07, 6.45) is 3.81. The highest BCUT2D eigenvalue weighted by molar-refractivity contribution is 5.86. The molecule has 0 radical (unpaired) electrons. The second-order valence-electron chi connectivity index (χ2n) is 6.44. The van der Waals surface area contributed by atoms with Crippen LogP contribution in [-0.2, 0) is 4.79 Å². The number of nitrogens with two attached hydrogens (primary N) is 1. The van der Waals surface area contributed by atoms with Crippen LogP contribution in [0, 0.1) is 0 Å². The molecule has 1 heterocycles. The van der Waals surface area contributed by atoms with Crippen molar-refractivity contribution in [2.75, 3.05) is 20.1 Å². The second kappa shape index (κ2) is 9.88. The maximum absolute atomic E-state index is 12.5. The van der Waals surface area contributed by atoms with Crippen LogP contribution in [0.25, 0.3) is 0 Å². The topological polar surface area (TPSA) is 49.6 Å². The number of rotatable bonds is 5. The number of piperidine rings is 1. The summed E-state index contributed by atoms with van der Waals surface area (Å²) in [6, 6.07) is 0.948. The van der Waals surface area contributed by atoms with Gasteiger partial charge in [0.05, 0.1) is 5.54 Å². The molecule has 128 valence electrons. The molecule has 0 aliphatic carbocycles. The van der Waals surface area contributed by atoms with Gasteiger partial charge in [0.15, 0.2) is 0 Å². The molecule has 1 saturated heterocycles. The molecule has 0 spiro atoms. The van der Waals surface area contributed by atoms with Crippen LogP contribution in [0.4, 0.5) is 0 Å². The first-order chi connectivity index (χ1) is 8.79. The number of hydrogen-bond acceptors (Lipinski definition) is 3. The van der Waals surface area contributed by atoms with E-state index in [2.05, 4.69) is 25.7 Å². The zero-order valence-electron chi connectivity index (χ0n) is 14.1. The summed E-state index contributed by atoms with van der Waals surface area (Å²) in [5.74, 6) is 0.0948. The van der Waals surface area contributed by atoms with Crippen LogP contribution in [-0.4, -0.2) is 53.5 Å². The van der Waals surface area contributed by atoms with Gasteiger partial charge in [-0.15, -0.1) is 24.8 Å². The lowest BCUT2D eigenvalue weighted by molar-refractivity contribution is -0.138. The van der Waals surface area contributed by atoms with Gasteiger partial charge in [-0.05, 0) is 40.0 Å². The van der Waals surface area contributed by atoms with Crippen LogP contribution >= 0.6 is 24.8 Å². The lowest BCUT2D eigenvalue weighted by atomic mass is 9.93. The van der Waals surface area contributed by atoms with Crippen molar-refractivity contribution < 1.29 is 4.79 Å². The number of halogens is 2. The Bertz CT molecular complexity index is 303. The molecule has 4 nitrogen and oxygen atoms in total. The Balaban J connectivity index is 0. The summed E-state index contributed by atoms with van der Waals surface area (Å²) in [5, 5.41) is 0. The third-order valence-corrected chi connectivity index (χ3v) is 4.36. The quantitative estimate of drug-likeness (QED) is 0.836. The fourth-order valence-corrected chi connectivity index (χ4v) is 2.98. The van der Waals surface area contributed by atoms with Crippen molar-refractivity contribution in [2.24, 2.45) is 5.73 Å². The average Bonchev–Trinajstić information content (AvgIpc) is 2.37. The van der Waals surface area contributed by atoms with Gasteiger partial charge in [-0.3, -0.25) is 4.79 Å². The van der Waals surface area contributed by atoms with E-state index in [0.29, 0.717) is 12.1 Å². The largest absolute Gasteiger partial charge is 0.341 e. The van der Waals surface area contributed by atoms with Crippen LogP contribution in [0.1, 0.15) is 53.4 Å². The molecule has 1 atom stereocenters. The summed E-state index contributed by atoms with van der Waals surface area (Å²) in [5.41, 5.74) is 5.44. The smallest absolute Gasteiger partial charge is 0.242 e. The van der Waals surface area contributed by atoms with Crippen molar-refractivity contribution in [3.05, 3.63) is 0 Å². The number of amides is 1. The van der Waals surface area contributed by atoms with Crippen molar-refractivity contribution in [2.45, 2.75) is 71.0 Å². The molecular formula is C15H33Cl2N3O. The molecule has 0 bridgehead atoms. The van der Waals surface area contributed by atoms with Crippen molar-refractivity contribution in [1.29, 1.82) is 0 Å². The first kappa shape index (κ1) is 23.2. The van der Waals surface area contributed by atoms with E-state index in [1.807, 2.05) is 18.9 Å². The summed E-state index contributed by atoms with van der Waals surface area (Å²) in [6.45, 7) is 10.5. The number of likely N-dealkylation sites (N-methyl/N-ethyl adjacent to an activating group) is 1. The molecule has 1 fully saturated rings. The molecule has 21 heavy (non-hydrogen) atoms. The summed E-state index contributed by atoms with van der Waals surface area (Å²) < 4.78 is 0. The Morgan fingerprint density at radius 2 is 1.81 bits per heavy atom. The minimum Gasteiger partial charge on any atom is -0.341 e. The van der Waals surface area contributed by atoms with Gasteiger partial charge < -0.3 is 15.5 Å². The molecule has 1 amide bonds. The molecule has 1 aliphatic rings. The highest BCUT2D eigenvalue weighted by Gasteiger charge is 2.34. The minimum atomic E-state index is -0.710. The lowest BCUT2D eigenvalue weighted by Gasteiger charge is -2.40. The third-order valence-electron chi connectivity index (χ3n) is 4.36. The van der Waals surface area contributed by atoms with Gasteiger partial charge in [0.1, 0.15) is 0 Å². The lowest BCUT2D eigenvalue weighted by Crippen LogP contribution is -2.56. The molecule has 0 aromatic carbocycles. The van der Waals surface area contributed by atoms with Crippen molar-refractivity contribution in [1.82, 2.24) is 9.80 Å². The van der Waals surface area contributed by atoms with Crippen LogP contribution in [0.15, 0.2) is 0 Å². The highest BCUT2D eigenvalue weighted by atomic mass is 35.5. The Morgan fingerprint density at radius 1 is 1.33 bits per heavy atom. The minimum absolute atomic E-state index is 0. The number of carbonyl (C=O) groups excluding carboxylic acids is 1. The molecule has 2 N–H and O–H groups in total.